The fourth-order valence-electron chi connectivity index (χ4n) is 14.4. The summed E-state index contributed by atoms with van der Waals surface area (Å²) in [4.78, 5) is 109. The summed E-state index contributed by atoms with van der Waals surface area (Å²) in [6, 6.07) is 40.2. The molecule has 3 aliphatic rings. The maximum atomic E-state index is 13.3. The van der Waals surface area contributed by atoms with Gasteiger partial charge in [0.05, 0.1) is 16.2 Å². The number of benzene rings is 6. The Labute approximate surface area is 675 Å². The number of primary amides is 1. The van der Waals surface area contributed by atoms with E-state index < -0.39 is 52.3 Å². The third-order valence-corrected chi connectivity index (χ3v) is 20.0. The van der Waals surface area contributed by atoms with Crippen LogP contribution in [0.25, 0.3) is 50.2 Å². The number of aromatic nitrogens is 9. The summed E-state index contributed by atoms with van der Waals surface area (Å²) in [7, 11) is 12.9. The van der Waals surface area contributed by atoms with E-state index in [1.54, 1.807) is 62.5 Å². The molecule has 6 aromatic carbocycles. The van der Waals surface area contributed by atoms with Crippen molar-refractivity contribution in [1.29, 1.82) is 0 Å². The Balaban J connectivity index is 0.000000152. The number of aryl methyl sites for hydroxylation is 6. The number of aliphatic hydroxyl groups is 3. The van der Waals surface area contributed by atoms with Crippen molar-refractivity contribution >= 4 is 85.7 Å². The van der Waals surface area contributed by atoms with Crippen LogP contribution < -0.4 is 62.8 Å². The van der Waals surface area contributed by atoms with E-state index in [0.29, 0.717) is 78.0 Å². The number of carbonyl (C=O) groups is 3. The summed E-state index contributed by atoms with van der Waals surface area (Å²) in [5, 5.41) is 45.5. The second-order valence-corrected chi connectivity index (χ2v) is 29.9. The lowest BCUT2D eigenvalue weighted by Gasteiger charge is -2.16. The van der Waals surface area contributed by atoms with Gasteiger partial charge in [-0.25, -0.2) is 15.0 Å². The number of fused-ring (bicyclic) bond motifs is 6. The Bertz CT molecular complexity index is 5820. The predicted octanol–water partition coefficient (Wildman–Crippen LogP) is 8.15. The van der Waals surface area contributed by atoms with Crippen LogP contribution in [0.5, 0.6) is 17.2 Å². The first kappa shape index (κ1) is 82.2. The molecule has 0 saturated carbocycles. The van der Waals surface area contributed by atoms with E-state index in [4.69, 9.17) is 24.9 Å². The number of likely N-dealkylation sites (N-methyl/N-ethyl adjacent to an activating group) is 3. The van der Waals surface area contributed by atoms with Crippen LogP contribution in [0.4, 0.5) is 34.9 Å². The Kier molecular flexibility index (Phi) is 26.1. The molecule has 6 heterocycles. The number of nitrogens with two attached hydrogens (primary N) is 1. The van der Waals surface area contributed by atoms with E-state index in [1.807, 2.05) is 119 Å². The van der Waals surface area contributed by atoms with Crippen LogP contribution in [0.1, 0.15) is 90.6 Å². The predicted molar refractivity (Wildman–Crippen MR) is 451 cm³/mol. The van der Waals surface area contributed by atoms with E-state index in [-0.39, 0.29) is 58.6 Å². The first-order valence-corrected chi connectivity index (χ1v) is 38.8. The second kappa shape index (κ2) is 37.2. The maximum absolute atomic E-state index is 13.3. The van der Waals surface area contributed by atoms with Gasteiger partial charge < -0.3 is 90.2 Å². The summed E-state index contributed by atoms with van der Waals surface area (Å²) < 4.78 is 22.3. The average molecular weight is 1590 g/mol. The highest BCUT2D eigenvalue weighted by molar-refractivity contribution is 5.99. The number of hydrogen-bond acceptors (Lipinski definition) is 24. The summed E-state index contributed by atoms with van der Waals surface area (Å²) in [5.41, 5.74) is 17.7. The van der Waals surface area contributed by atoms with Crippen LogP contribution in [-0.2, 0) is 38.5 Å². The number of aliphatic hydroxyl groups excluding tert-OH is 3. The quantitative estimate of drug-likeness (QED) is 0.0223. The lowest BCUT2D eigenvalue weighted by Crippen LogP contribution is -2.30. The average Bonchev–Trinajstić information content (AvgIpc) is 1.62. The highest BCUT2D eigenvalue weighted by Gasteiger charge is 2.25. The minimum atomic E-state index is -0.800. The first-order chi connectivity index (χ1) is 56.4. The number of hydrogen-bond donors (Lipinski definition) is 9. The summed E-state index contributed by atoms with van der Waals surface area (Å²) in [6.07, 6.45) is 16.6. The molecule has 0 aliphatic heterocycles. The summed E-state index contributed by atoms with van der Waals surface area (Å²) >= 11 is 0. The maximum Gasteiger partial charge on any atom is 0.256 e. The van der Waals surface area contributed by atoms with E-state index in [1.165, 1.54) is 65.2 Å². The first-order valence-electron chi connectivity index (χ1n) is 38.8. The number of rotatable bonds is 28. The Morgan fingerprint density at radius 1 is 0.436 bits per heavy atom. The van der Waals surface area contributed by atoms with Gasteiger partial charge in [0, 0.05) is 105 Å². The van der Waals surface area contributed by atoms with Crippen molar-refractivity contribution in [1.82, 2.24) is 68.9 Å². The highest BCUT2D eigenvalue weighted by Crippen LogP contribution is 2.32. The van der Waals surface area contributed by atoms with Crippen molar-refractivity contribution in [3.05, 3.63) is 245 Å². The van der Waals surface area contributed by atoms with E-state index in [2.05, 4.69) is 87.9 Å². The second-order valence-electron chi connectivity index (χ2n) is 29.9. The molecular formula is C87H96N18O12. The lowest BCUT2D eigenvalue weighted by molar-refractivity contribution is 0.0830. The molecule has 12 aromatic rings. The van der Waals surface area contributed by atoms with Crippen LogP contribution in [-0.4, -0.2) is 205 Å². The van der Waals surface area contributed by atoms with Crippen molar-refractivity contribution in [2.75, 3.05) is 111 Å². The van der Waals surface area contributed by atoms with Crippen molar-refractivity contribution in [2.24, 2.45) is 5.73 Å². The third-order valence-electron chi connectivity index (χ3n) is 20.0. The molecule has 3 unspecified atom stereocenters. The molecule has 30 heteroatoms. The van der Waals surface area contributed by atoms with Gasteiger partial charge in [-0.05, 0) is 250 Å². The van der Waals surface area contributed by atoms with Crippen molar-refractivity contribution in [3.63, 3.8) is 0 Å². The molecule has 0 bridgehead atoms. The molecule has 6 aromatic heterocycles. The van der Waals surface area contributed by atoms with Crippen LogP contribution in [0.2, 0.25) is 0 Å². The molecule has 30 nitrogen and oxygen atoms in total. The molecule has 3 aliphatic carbocycles. The molecular weight excluding hydrogens is 1490 g/mol. The largest absolute Gasteiger partial charge is 0.491 e. The standard InChI is InChI=1S/C30H34N6O4.C29H32N6O4.C28H30N6O4/c1-4-31-29(39)26-17-36(22-11-8-19-6-5-7-20(19)14-22)28-25(27(26)38)15-32-30(34-28)33-21-9-12-24(13-10-21)40-18-23(37)16-35(2)3;1-30-28(38)25-16-35(21-10-7-18-5-4-6-19(18)13-21)27-24(26(25)37)14-31-29(33-27)32-20-8-11-23(12-9-20)39-17-22(36)15-34(2)3;1-33(2)14-21(35)16-38-22-10-7-19(8-11-22)31-28-30-13-23-25(36)24(26(29)37)15-34(27(23)32-28)20-9-6-17-4-3-5-18(17)12-20/h8-15,17,23,37H,4-7,16,18H2,1-3H3,(H,31,39)(H,32,33,34);7-14,16,22,36H,4-6,15,17H2,1-3H3,(H,30,38)(H,31,32,33);6-13,15,21,35H,3-5,14,16H2,1-2H3,(H2,29,37)(H,30,31,32). The minimum absolute atomic E-state index is 0.0288. The van der Waals surface area contributed by atoms with Gasteiger partial charge in [-0.2, -0.15) is 15.0 Å². The molecule has 0 fully saturated rings. The van der Waals surface area contributed by atoms with Gasteiger partial charge in [-0.15, -0.1) is 0 Å². The van der Waals surface area contributed by atoms with Crippen LogP contribution >= 0.6 is 0 Å². The van der Waals surface area contributed by atoms with Gasteiger partial charge in [0.25, 0.3) is 17.7 Å². The smallest absolute Gasteiger partial charge is 0.256 e. The normalized spacial score (nSPS) is 13.4. The van der Waals surface area contributed by atoms with Gasteiger partial charge in [-0.3, -0.25) is 28.8 Å². The SMILES string of the molecule is CCNC(=O)c1cn(-c2ccc3c(c2)CCC3)c2nc(Nc3ccc(OCC(O)CN(C)C)cc3)ncc2c1=O.CN(C)CC(O)COc1ccc(Nc2ncc3c(=O)c(C(N)=O)cn(-c4ccc5c(c4)CCC5)c3n2)cc1.CNC(=O)c1cn(-c2ccc3c(c2)CCC3)c2nc(Nc3ccc(OCC(O)CN(C)C)cc3)ncc2c1=O. The molecule has 606 valence electrons. The molecule has 3 amide bonds. The number of nitrogens with one attached hydrogen (secondary N) is 5. The van der Waals surface area contributed by atoms with Gasteiger partial charge in [-0.1, -0.05) is 18.2 Å². The van der Waals surface area contributed by atoms with Gasteiger partial charge in [0.2, 0.25) is 34.1 Å². The third kappa shape index (κ3) is 20.1. The summed E-state index contributed by atoms with van der Waals surface area (Å²) in [6.45, 7) is 4.33. The van der Waals surface area contributed by atoms with Crippen molar-refractivity contribution < 1.29 is 43.9 Å². The Morgan fingerprint density at radius 3 is 1.03 bits per heavy atom. The fraction of sp³-hybridized carbons (Fsp3) is 0.310. The highest BCUT2D eigenvalue weighted by atomic mass is 16.5. The van der Waals surface area contributed by atoms with Crippen molar-refractivity contribution in [2.45, 2.75) is 83.0 Å². The van der Waals surface area contributed by atoms with Crippen molar-refractivity contribution in [3.8, 4) is 34.3 Å². The number of nitrogens with zero attached hydrogens (tertiary/aromatic N) is 12. The zero-order valence-corrected chi connectivity index (χ0v) is 66.6. The number of amides is 3. The molecule has 0 radical (unpaired) electrons. The van der Waals surface area contributed by atoms with Crippen LogP contribution in [0, 0.1) is 0 Å². The van der Waals surface area contributed by atoms with Gasteiger partial charge in [0.15, 0.2) is 16.9 Å². The molecule has 117 heavy (non-hydrogen) atoms. The fourth-order valence-corrected chi connectivity index (χ4v) is 14.4. The van der Waals surface area contributed by atoms with E-state index >= 15 is 0 Å². The number of pyridine rings is 3. The monoisotopic (exact) mass is 1580 g/mol. The number of anilines is 6. The number of ether oxygens (including phenoxy) is 3. The zero-order valence-electron chi connectivity index (χ0n) is 66.6. The van der Waals surface area contributed by atoms with E-state index in [0.717, 1.165) is 86.2 Å². The molecule has 3 atom stereocenters. The molecule has 0 spiro atoms. The van der Waals surface area contributed by atoms with Crippen LogP contribution in [0.3, 0.4) is 0 Å². The minimum Gasteiger partial charge on any atom is -0.491 e. The Hall–Kier alpha value is -12.8. The molecule has 15 rings (SSSR count). The number of carbonyl (C=O) groups excluding carboxylic acids is 3. The van der Waals surface area contributed by atoms with Gasteiger partial charge in [0.1, 0.15) is 72.1 Å². The van der Waals surface area contributed by atoms with Gasteiger partial charge >= 0.3 is 0 Å². The lowest BCUT2D eigenvalue weighted by atomic mass is 10.1. The zero-order chi connectivity index (χ0) is 82.6. The van der Waals surface area contributed by atoms with E-state index in [9.17, 15) is 44.1 Å². The topological polar surface area (TPSA) is 379 Å². The summed E-state index contributed by atoms with van der Waals surface area (Å²) in [5.74, 6) is 1.09. The Morgan fingerprint density at radius 2 is 0.735 bits per heavy atom. The van der Waals surface area contributed by atoms with Crippen LogP contribution in [0.15, 0.2) is 179 Å². The molecule has 0 saturated heterocycles. The molecule has 10 N–H and O–H groups in total.